The average molecular weight is 394 g/mol. The van der Waals surface area contributed by atoms with Crippen LogP contribution in [-0.2, 0) is 6.54 Å². The highest BCUT2D eigenvalue weighted by Crippen LogP contribution is 2.27. The maximum absolute atomic E-state index is 13.8. The molecule has 0 unspecified atom stereocenters. The number of aromatic hydroxyl groups is 1. The molecule has 4 rings (SSSR count). The molecule has 2 aromatic carbocycles. The quantitative estimate of drug-likeness (QED) is 0.540. The summed E-state index contributed by atoms with van der Waals surface area (Å²) in [7, 11) is 1.78. The van der Waals surface area contributed by atoms with E-state index in [0.717, 1.165) is 17.8 Å². The molecular weight excluding hydrogens is 378 g/mol. The fourth-order valence-corrected chi connectivity index (χ4v) is 2.87. The van der Waals surface area contributed by atoms with E-state index >= 15 is 0 Å². The number of fused-ring (bicyclic) bond motifs is 1. The van der Waals surface area contributed by atoms with E-state index in [0.29, 0.717) is 16.7 Å². The van der Waals surface area contributed by atoms with Crippen LogP contribution in [0.3, 0.4) is 0 Å². The Morgan fingerprint density at radius 3 is 2.62 bits per heavy atom. The van der Waals surface area contributed by atoms with Gasteiger partial charge in [0.2, 0.25) is 5.88 Å². The summed E-state index contributed by atoms with van der Waals surface area (Å²) in [5.41, 5.74) is 1.51. The highest BCUT2D eigenvalue weighted by molar-refractivity contribution is 5.82. The van der Waals surface area contributed by atoms with Crippen molar-refractivity contribution in [3.8, 4) is 17.6 Å². The van der Waals surface area contributed by atoms with Crippen molar-refractivity contribution in [1.82, 2.24) is 15.0 Å². The molecule has 0 bridgehead atoms. The van der Waals surface area contributed by atoms with Crippen molar-refractivity contribution in [2.24, 2.45) is 0 Å². The lowest BCUT2D eigenvalue weighted by Crippen LogP contribution is -2.17. The Morgan fingerprint density at radius 2 is 1.83 bits per heavy atom. The smallest absolute Gasteiger partial charge is 0.325 e. The molecule has 0 saturated carbocycles. The lowest BCUT2D eigenvalue weighted by molar-refractivity contribution is 0.412. The van der Waals surface area contributed by atoms with E-state index in [1.807, 2.05) is 0 Å². The summed E-state index contributed by atoms with van der Waals surface area (Å²) in [5.74, 6) is -0.670. The number of nitrogens with zero attached hydrogens (tertiary/aromatic N) is 4. The average Bonchev–Trinajstić information content (AvgIpc) is 2.71. The molecule has 0 aliphatic carbocycles. The second kappa shape index (κ2) is 7.67. The molecule has 29 heavy (non-hydrogen) atoms. The van der Waals surface area contributed by atoms with Crippen LogP contribution in [0.2, 0.25) is 0 Å². The summed E-state index contributed by atoms with van der Waals surface area (Å²) in [4.78, 5) is 13.9. The van der Waals surface area contributed by atoms with Gasteiger partial charge in [0.25, 0.3) is 0 Å². The van der Waals surface area contributed by atoms with Crippen molar-refractivity contribution in [1.29, 1.82) is 0 Å². The van der Waals surface area contributed by atoms with Crippen LogP contribution in [0.15, 0.2) is 60.9 Å². The van der Waals surface area contributed by atoms with Crippen molar-refractivity contribution in [2.45, 2.75) is 6.54 Å². The van der Waals surface area contributed by atoms with Crippen molar-refractivity contribution < 1.29 is 18.6 Å². The minimum Gasteiger partial charge on any atom is -0.493 e. The Morgan fingerprint density at radius 1 is 1.03 bits per heavy atom. The van der Waals surface area contributed by atoms with E-state index in [1.165, 1.54) is 18.5 Å². The Labute approximate surface area is 165 Å². The summed E-state index contributed by atoms with van der Waals surface area (Å²) in [6.07, 6.45) is 3.05. The molecule has 4 aromatic rings. The number of pyridine rings is 1. The van der Waals surface area contributed by atoms with Gasteiger partial charge in [0, 0.05) is 31.0 Å². The first-order valence-electron chi connectivity index (χ1n) is 8.73. The van der Waals surface area contributed by atoms with Crippen LogP contribution in [0.1, 0.15) is 5.56 Å². The molecule has 0 atom stereocenters. The number of ether oxygens (including phenoxy) is 1. The van der Waals surface area contributed by atoms with Gasteiger partial charge in [0.15, 0.2) is 0 Å². The second-order valence-corrected chi connectivity index (χ2v) is 6.41. The third-order valence-electron chi connectivity index (χ3n) is 4.36. The van der Waals surface area contributed by atoms with Gasteiger partial charge in [0.05, 0.1) is 17.1 Å². The van der Waals surface area contributed by atoms with Crippen LogP contribution in [0.4, 0.5) is 14.5 Å². The summed E-state index contributed by atoms with van der Waals surface area (Å²) in [5, 5.41) is 10.5. The predicted octanol–water partition coefficient (Wildman–Crippen LogP) is 4.44. The van der Waals surface area contributed by atoms with Gasteiger partial charge in [-0.2, -0.15) is 9.97 Å². The summed E-state index contributed by atoms with van der Waals surface area (Å²) in [6, 6.07) is 11.9. The number of anilines is 1. The van der Waals surface area contributed by atoms with E-state index in [4.69, 9.17) is 4.74 Å². The van der Waals surface area contributed by atoms with Gasteiger partial charge < -0.3 is 14.7 Å². The van der Waals surface area contributed by atoms with Gasteiger partial charge in [-0.15, -0.1) is 0 Å². The molecule has 2 aromatic heterocycles. The van der Waals surface area contributed by atoms with Crippen molar-refractivity contribution in [3.05, 3.63) is 78.1 Å². The largest absolute Gasteiger partial charge is 0.493 e. The molecule has 0 fully saturated rings. The number of rotatable bonds is 5. The highest BCUT2D eigenvalue weighted by Gasteiger charge is 2.11. The molecule has 0 saturated heterocycles. The SMILES string of the molecule is CN(Cc1cc(F)ccc1F)c1ccc(Oc2nc(O)c3ccncc3n2)cc1. The zero-order chi connectivity index (χ0) is 20.4. The first-order valence-corrected chi connectivity index (χ1v) is 8.73. The molecule has 6 nitrogen and oxygen atoms in total. The lowest BCUT2D eigenvalue weighted by Gasteiger charge is -2.20. The topological polar surface area (TPSA) is 71.4 Å². The number of hydrogen-bond donors (Lipinski definition) is 1. The normalized spacial score (nSPS) is 10.9. The Hall–Kier alpha value is -3.81. The third-order valence-corrected chi connectivity index (χ3v) is 4.36. The van der Waals surface area contributed by atoms with Gasteiger partial charge in [-0.25, -0.2) is 8.78 Å². The standard InChI is InChI=1S/C21H16F2N4O2/c1-27(12-13-10-14(22)2-7-18(13)23)15-3-5-16(6-4-15)29-21-25-19-11-24-9-8-17(19)20(28)26-21/h2-11H,12H2,1H3,(H,25,26,28). The fourth-order valence-electron chi connectivity index (χ4n) is 2.87. The van der Waals surface area contributed by atoms with Gasteiger partial charge in [-0.3, -0.25) is 4.98 Å². The van der Waals surface area contributed by atoms with E-state index < -0.39 is 11.6 Å². The number of hydrogen-bond acceptors (Lipinski definition) is 6. The summed E-state index contributed by atoms with van der Waals surface area (Å²) < 4.78 is 32.8. The van der Waals surface area contributed by atoms with Crippen LogP contribution in [0.25, 0.3) is 10.9 Å². The molecule has 8 heteroatoms. The van der Waals surface area contributed by atoms with Crippen LogP contribution in [0.5, 0.6) is 17.6 Å². The summed E-state index contributed by atoms with van der Waals surface area (Å²) >= 11 is 0. The van der Waals surface area contributed by atoms with Gasteiger partial charge >= 0.3 is 6.01 Å². The minimum absolute atomic E-state index is 0.00839. The Bertz CT molecular complexity index is 1170. The van der Waals surface area contributed by atoms with Crippen LogP contribution in [-0.4, -0.2) is 27.1 Å². The molecule has 0 aliphatic heterocycles. The third kappa shape index (κ3) is 4.06. The Kier molecular flexibility index (Phi) is 4.90. The van der Waals surface area contributed by atoms with Gasteiger partial charge in [-0.05, 0) is 48.5 Å². The van der Waals surface area contributed by atoms with E-state index in [-0.39, 0.29) is 24.0 Å². The van der Waals surface area contributed by atoms with Crippen molar-refractivity contribution in [2.75, 3.05) is 11.9 Å². The molecule has 0 spiro atoms. The molecule has 0 amide bonds. The van der Waals surface area contributed by atoms with Crippen LogP contribution >= 0.6 is 0 Å². The fraction of sp³-hybridized carbons (Fsp3) is 0.0952. The maximum Gasteiger partial charge on any atom is 0.325 e. The zero-order valence-electron chi connectivity index (χ0n) is 15.4. The predicted molar refractivity (Wildman–Crippen MR) is 104 cm³/mol. The first kappa shape index (κ1) is 18.5. The van der Waals surface area contributed by atoms with E-state index in [9.17, 15) is 13.9 Å². The molecule has 1 N–H and O–H groups in total. The summed E-state index contributed by atoms with van der Waals surface area (Å²) in [6.45, 7) is 0.207. The van der Waals surface area contributed by atoms with Gasteiger partial charge in [-0.1, -0.05) is 0 Å². The molecule has 146 valence electrons. The molecule has 2 heterocycles. The monoisotopic (exact) mass is 394 g/mol. The van der Waals surface area contributed by atoms with Crippen molar-refractivity contribution in [3.63, 3.8) is 0 Å². The molecular formula is C21H16F2N4O2. The number of halogens is 2. The van der Waals surface area contributed by atoms with Crippen LogP contribution < -0.4 is 9.64 Å². The number of aromatic nitrogens is 3. The second-order valence-electron chi connectivity index (χ2n) is 6.41. The zero-order valence-corrected chi connectivity index (χ0v) is 15.4. The first-order chi connectivity index (χ1) is 14.0. The Balaban J connectivity index is 1.50. The number of benzene rings is 2. The molecule has 0 aliphatic rings. The lowest BCUT2D eigenvalue weighted by atomic mass is 10.2. The van der Waals surface area contributed by atoms with E-state index in [2.05, 4.69) is 15.0 Å². The van der Waals surface area contributed by atoms with Crippen molar-refractivity contribution >= 4 is 16.6 Å². The van der Waals surface area contributed by atoms with E-state index in [1.54, 1.807) is 42.3 Å². The maximum atomic E-state index is 13.8. The highest BCUT2D eigenvalue weighted by atomic mass is 19.1. The van der Waals surface area contributed by atoms with Crippen LogP contribution in [0, 0.1) is 11.6 Å². The molecule has 0 radical (unpaired) electrons. The minimum atomic E-state index is -0.479. The van der Waals surface area contributed by atoms with Gasteiger partial charge in [0.1, 0.15) is 17.4 Å².